The Hall–Kier alpha value is -4.80. The molecule has 10 nitrogen and oxygen atoms in total. The molecule has 0 aliphatic carbocycles. The van der Waals surface area contributed by atoms with Crippen LogP contribution in [-0.2, 0) is 4.74 Å². The number of nitrogen functional groups attached to an aromatic ring is 1. The number of amides is 3. The maximum Gasteiger partial charge on any atom is 0.268 e. The van der Waals surface area contributed by atoms with E-state index in [0.717, 1.165) is 60.6 Å². The van der Waals surface area contributed by atoms with Crippen molar-refractivity contribution in [2.45, 2.75) is 18.9 Å². The topological polar surface area (TPSA) is 125 Å². The SMILES string of the molecule is Nc1cccc2c1C(=O)N(c1cc(C(=O)N3CCC(N4CCOCC4)CC3)ccc1C=Cc1n[nH]c3ccccc13)C2=O. The van der Waals surface area contributed by atoms with E-state index in [-0.39, 0.29) is 22.7 Å². The zero-order valence-electron chi connectivity index (χ0n) is 23.7. The molecule has 10 heteroatoms. The quantitative estimate of drug-likeness (QED) is 0.271. The fourth-order valence-electron chi connectivity index (χ4n) is 6.38. The van der Waals surface area contributed by atoms with Gasteiger partial charge in [0.2, 0.25) is 0 Å². The van der Waals surface area contributed by atoms with Crippen LogP contribution in [0.1, 0.15) is 55.2 Å². The molecule has 4 heterocycles. The number of nitrogens with zero attached hydrogens (tertiary/aromatic N) is 4. The molecule has 0 radical (unpaired) electrons. The smallest absolute Gasteiger partial charge is 0.268 e. The number of hydrogen-bond donors (Lipinski definition) is 2. The van der Waals surface area contributed by atoms with Gasteiger partial charge in [-0.2, -0.15) is 5.10 Å². The summed E-state index contributed by atoms with van der Waals surface area (Å²) < 4.78 is 5.50. The molecular formula is C33H32N6O4. The number of carbonyl (C=O) groups is 3. The highest BCUT2D eigenvalue weighted by Crippen LogP contribution is 2.35. The van der Waals surface area contributed by atoms with E-state index < -0.39 is 11.8 Å². The van der Waals surface area contributed by atoms with Gasteiger partial charge in [0.25, 0.3) is 17.7 Å². The number of nitrogens with one attached hydrogen (secondary N) is 1. The van der Waals surface area contributed by atoms with Gasteiger partial charge >= 0.3 is 0 Å². The number of anilines is 2. The average molecular weight is 577 g/mol. The Labute approximate surface area is 248 Å². The Bertz CT molecular complexity index is 1760. The number of H-pyrrole nitrogens is 1. The van der Waals surface area contributed by atoms with Crippen LogP contribution in [0.15, 0.2) is 60.7 Å². The first-order chi connectivity index (χ1) is 21.0. The summed E-state index contributed by atoms with van der Waals surface area (Å²) in [5.41, 5.74) is 9.77. The zero-order valence-corrected chi connectivity index (χ0v) is 23.7. The molecule has 3 aliphatic heterocycles. The minimum absolute atomic E-state index is 0.119. The molecule has 3 amide bonds. The van der Waals surface area contributed by atoms with Crippen LogP contribution in [0.25, 0.3) is 23.1 Å². The van der Waals surface area contributed by atoms with Crippen LogP contribution in [0.3, 0.4) is 0 Å². The van der Waals surface area contributed by atoms with Crippen LogP contribution in [0.2, 0.25) is 0 Å². The molecule has 218 valence electrons. The number of carbonyl (C=O) groups excluding carboxylic acids is 3. The van der Waals surface area contributed by atoms with Gasteiger partial charge < -0.3 is 15.4 Å². The first-order valence-corrected chi connectivity index (χ1v) is 14.6. The predicted octanol–water partition coefficient (Wildman–Crippen LogP) is 4.05. The monoisotopic (exact) mass is 576 g/mol. The third-order valence-electron chi connectivity index (χ3n) is 8.70. The Morgan fingerprint density at radius 1 is 0.930 bits per heavy atom. The Morgan fingerprint density at radius 3 is 2.51 bits per heavy atom. The maximum absolute atomic E-state index is 13.7. The molecule has 0 spiro atoms. The summed E-state index contributed by atoms with van der Waals surface area (Å²) in [6.45, 7) is 4.65. The number of imide groups is 1. The second kappa shape index (κ2) is 11.1. The molecule has 0 bridgehead atoms. The van der Waals surface area contributed by atoms with Crippen molar-refractivity contribution < 1.29 is 19.1 Å². The number of morpholine rings is 1. The average Bonchev–Trinajstić information content (AvgIpc) is 3.58. The van der Waals surface area contributed by atoms with Gasteiger partial charge in [0, 0.05) is 48.9 Å². The molecule has 4 aromatic rings. The van der Waals surface area contributed by atoms with E-state index in [1.807, 2.05) is 41.3 Å². The van der Waals surface area contributed by atoms with Gasteiger partial charge in [-0.3, -0.25) is 24.4 Å². The van der Waals surface area contributed by atoms with Gasteiger partial charge in [0.1, 0.15) is 0 Å². The lowest BCUT2D eigenvalue weighted by Crippen LogP contribution is -2.50. The largest absolute Gasteiger partial charge is 0.398 e. The molecule has 0 unspecified atom stereocenters. The van der Waals surface area contributed by atoms with Crippen LogP contribution in [0.5, 0.6) is 0 Å². The summed E-state index contributed by atoms with van der Waals surface area (Å²) in [6, 6.07) is 18.3. The number of ether oxygens (including phenoxy) is 1. The van der Waals surface area contributed by atoms with Crippen LogP contribution < -0.4 is 10.6 Å². The third-order valence-corrected chi connectivity index (χ3v) is 8.70. The number of aromatic nitrogens is 2. The number of aromatic amines is 1. The first kappa shape index (κ1) is 27.1. The minimum Gasteiger partial charge on any atom is -0.398 e. The molecular weight excluding hydrogens is 544 g/mol. The lowest BCUT2D eigenvalue weighted by molar-refractivity contribution is 0.00159. The van der Waals surface area contributed by atoms with Crippen molar-refractivity contribution in [1.29, 1.82) is 0 Å². The molecule has 43 heavy (non-hydrogen) atoms. The van der Waals surface area contributed by atoms with E-state index in [9.17, 15) is 14.4 Å². The number of rotatable bonds is 5. The van der Waals surface area contributed by atoms with Crippen LogP contribution in [0.4, 0.5) is 11.4 Å². The van der Waals surface area contributed by atoms with Gasteiger partial charge in [-0.1, -0.05) is 36.4 Å². The van der Waals surface area contributed by atoms with Gasteiger partial charge in [0.05, 0.1) is 41.2 Å². The zero-order chi connectivity index (χ0) is 29.5. The van der Waals surface area contributed by atoms with E-state index in [2.05, 4.69) is 15.1 Å². The van der Waals surface area contributed by atoms with Gasteiger partial charge in [-0.25, -0.2) is 4.90 Å². The summed E-state index contributed by atoms with van der Waals surface area (Å²) in [6.07, 6.45) is 5.44. The standard InChI is InChI=1S/C33H32N6O4/c34-26-6-3-5-25-30(26)33(42)39(32(25)41)29-20-22(31(40)38-14-12-23(13-15-38)37-16-18-43-19-17-37)9-8-21(29)10-11-28-24-4-1-2-7-27(24)35-36-28/h1-11,20,23H,12-19,34H2,(H,35,36). The van der Waals surface area contributed by atoms with Crippen molar-refractivity contribution in [2.24, 2.45) is 0 Å². The van der Waals surface area contributed by atoms with Gasteiger partial charge in [-0.05, 0) is 54.8 Å². The van der Waals surface area contributed by atoms with Gasteiger partial charge in [0.15, 0.2) is 0 Å². The molecule has 2 fully saturated rings. The van der Waals surface area contributed by atoms with Crippen molar-refractivity contribution in [2.75, 3.05) is 50.0 Å². The number of piperidine rings is 1. The van der Waals surface area contributed by atoms with Crippen LogP contribution in [-0.4, -0.2) is 83.2 Å². The van der Waals surface area contributed by atoms with E-state index in [0.29, 0.717) is 35.9 Å². The number of fused-ring (bicyclic) bond motifs is 2. The van der Waals surface area contributed by atoms with Crippen molar-refractivity contribution >= 4 is 52.2 Å². The number of likely N-dealkylation sites (tertiary alicyclic amines) is 1. The van der Waals surface area contributed by atoms with E-state index >= 15 is 0 Å². The molecule has 1 aromatic heterocycles. The van der Waals surface area contributed by atoms with E-state index in [1.54, 1.807) is 36.4 Å². The van der Waals surface area contributed by atoms with Crippen LogP contribution in [0, 0.1) is 0 Å². The summed E-state index contributed by atoms with van der Waals surface area (Å²) in [4.78, 5) is 46.4. The first-order valence-electron chi connectivity index (χ1n) is 14.6. The number of hydrogen-bond acceptors (Lipinski definition) is 7. The van der Waals surface area contributed by atoms with E-state index in [1.165, 1.54) is 0 Å². The second-order valence-corrected chi connectivity index (χ2v) is 11.1. The number of para-hydroxylation sites is 1. The fourth-order valence-corrected chi connectivity index (χ4v) is 6.38. The molecule has 0 saturated carbocycles. The van der Waals surface area contributed by atoms with E-state index in [4.69, 9.17) is 10.5 Å². The van der Waals surface area contributed by atoms with Gasteiger partial charge in [-0.15, -0.1) is 0 Å². The fraction of sp³-hybridized carbons (Fsp3) is 0.273. The Morgan fingerprint density at radius 2 is 1.72 bits per heavy atom. The summed E-state index contributed by atoms with van der Waals surface area (Å²) in [7, 11) is 0. The van der Waals surface area contributed by atoms with Crippen molar-refractivity contribution in [3.8, 4) is 0 Å². The minimum atomic E-state index is -0.506. The Balaban J connectivity index is 1.21. The molecule has 2 saturated heterocycles. The molecule has 3 N–H and O–H groups in total. The molecule has 0 atom stereocenters. The number of benzene rings is 3. The van der Waals surface area contributed by atoms with Crippen LogP contribution >= 0.6 is 0 Å². The highest BCUT2D eigenvalue weighted by atomic mass is 16.5. The lowest BCUT2D eigenvalue weighted by Gasteiger charge is -2.40. The van der Waals surface area contributed by atoms with Crippen molar-refractivity contribution in [3.05, 3.63) is 88.6 Å². The summed E-state index contributed by atoms with van der Waals surface area (Å²) in [5, 5.41) is 8.37. The highest BCUT2D eigenvalue weighted by molar-refractivity contribution is 6.36. The molecule has 7 rings (SSSR count). The third kappa shape index (κ3) is 4.88. The normalized spacial score (nSPS) is 18.2. The van der Waals surface area contributed by atoms with Crippen molar-refractivity contribution in [3.63, 3.8) is 0 Å². The van der Waals surface area contributed by atoms with Crippen molar-refractivity contribution in [1.82, 2.24) is 20.0 Å². The highest BCUT2D eigenvalue weighted by Gasteiger charge is 2.39. The lowest BCUT2D eigenvalue weighted by atomic mass is 10.0. The Kier molecular flexibility index (Phi) is 7.00. The predicted molar refractivity (Wildman–Crippen MR) is 165 cm³/mol. The number of nitrogens with two attached hydrogens (primary N) is 1. The molecule has 3 aliphatic rings. The summed E-state index contributed by atoms with van der Waals surface area (Å²) in [5.74, 6) is -1.09. The second-order valence-electron chi connectivity index (χ2n) is 11.1. The summed E-state index contributed by atoms with van der Waals surface area (Å²) >= 11 is 0. The maximum atomic E-state index is 13.7. The molecule has 3 aromatic carbocycles.